The summed E-state index contributed by atoms with van der Waals surface area (Å²) in [5.41, 5.74) is -0.0509. The second-order valence-corrected chi connectivity index (χ2v) is 7.03. The minimum Gasteiger partial charge on any atom is -0.486 e. The number of likely N-dealkylation sites (N-methyl/N-ethyl adjacent to an activating group) is 1. The average Bonchev–Trinajstić information content (AvgIpc) is 2.66. The van der Waals surface area contributed by atoms with Gasteiger partial charge in [0.15, 0.2) is 17.6 Å². The molecule has 0 saturated carbocycles. The van der Waals surface area contributed by atoms with Gasteiger partial charge in [0.2, 0.25) is 0 Å². The van der Waals surface area contributed by atoms with E-state index in [1.807, 2.05) is 31.2 Å². The van der Waals surface area contributed by atoms with Gasteiger partial charge in [0.25, 0.3) is 5.91 Å². The van der Waals surface area contributed by atoms with Crippen LogP contribution in [0.1, 0.15) is 17.4 Å². The number of nitrogens with zero attached hydrogens (tertiary/aromatic N) is 2. The Labute approximate surface area is 170 Å². The lowest BCUT2D eigenvalue weighted by Crippen LogP contribution is -2.44. The summed E-state index contributed by atoms with van der Waals surface area (Å²) in [6.07, 6.45) is -0.328. The van der Waals surface area contributed by atoms with Crippen molar-refractivity contribution in [3.05, 3.63) is 50.2 Å². The zero-order chi connectivity index (χ0) is 18.8. The topological polar surface area (TPSA) is 51.7 Å². The number of carbonyl (C=O) groups is 1. The van der Waals surface area contributed by atoms with Crippen LogP contribution in [-0.4, -0.2) is 41.6 Å². The molecule has 1 atom stereocenters. The fourth-order valence-electron chi connectivity index (χ4n) is 2.53. The number of aromatic nitrogens is 1. The maximum absolute atomic E-state index is 12.9. The summed E-state index contributed by atoms with van der Waals surface area (Å²) in [6.45, 7) is 2.86. The highest BCUT2D eigenvalue weighted by atomic mass is 35.5. The number of amides is 1. The van der Waals surface area contributed by atoms with E-state index in [2.05, 4.69) is 4.98 Å². The number of halogens is 4. The maximum atomic E-state index is 12.9. The normalized spacial score (nSPS) is 15.7. The number of hydrogen-bond donors (Lipinski definition) is 0. The Hall–Kier alpha value is -1.40. The van der Waals surface area contributed by atoms with E-state index in [1.165, 1.54) is 4.90 Å². The molecular weight excluding hydrogens is 422 g/mol. The van der Waals surface area contributed by atoms with E-state index in [0.717, 1.165) is 0 Å². The lowest BCUT2D eigenvalue weighted by Gasteiger charge is -2.31. The van der Waals surface area contributed by atoms with Crippen molar-refractivity contribution in [3.8, 4) is 11.5 Å². The second-order valence-electron chi connectivity index (χ2n) is 5.53. The molecular formula is C17H14Cl4N2O3. The second kappa shape index (κ2) is 8.09. The first-order valence-corrected chi connectivity index (χ1v) is 9.31. The molecule has 0 fully saturated rings. The van der Waals surface area contributed by atoms with Crippen LogP contribution in [0.2, 0.25) is 20.2 Å². The number of pyridine rings is 1. The van der Waals surface area contributed by atoms with E-state index in [1.54, 1.807) is 0 Å². The van der Waals surface area contributed by atoms with Crippen molar-refractivity contribution in [2.75, 3.05) is 19.7 Å². The summed E-state index contributed by atoms with van der Waals surface area (Å²) < 4.78 is 11.6. The molecule has 2 heterocycles. The number of hydrogen-bond acceptors (Lipinski definition) is 4. The van der Waals surface area contributed by atoms with Gasteiger partial charge in [0, 0.05) is 6.54 Å². The maximum Gasteiger partial charge on any atom is 0.274 e. The van der Waals surface area contributed by atoms with Crippen LogP contribution in [0.5, 0.6) is 11.5 Å². The van der Waals surface area contributed by atoms with Gasteiger partial charge in [-0.3, -0.25) is 4.79 Å². The number of para-hydroxylation sites is 2. The Morgan fingerprint density at radius 3 is 2.54 bits per heavy atom. The molecule has 1 amide bonds. The molecule has 0 saturated heterocycles. The molecule has 0 spiro atoms. The lowest BCUT2D eigenvalue weighted by atomic mass is 10.2. The first kappa shape index (κ1) is 19.4. The van der Waals surface area contributed by atoms with Gasteiger partial charge in [0.1, 0.15) is 17.5 Å². The van der Waals surface area contributed by atoms with Crippen molar-refractivity contribution in [2.24, 2.45) is 0 Å². The summed E-state index contributed by atoms with van der Waals surface area (Å²) in [5, 5.41) is -0.0974. The monoisotopic (exact) mass is 434 g/mol. The van der Waals surface area contributed by atoms with Gasteiger partial charge >= 0.3 is 0 Å². The predicted molar refractivity (Wildman–Crippen MR) is 102 cm³/mol. The van der Waals surface area contributed by atoms with Gasteiger partial charge in [-0.15, -0.1) is 0 Å². The van der Waals surface area contributed by atoms with Crippen molar-refractivity contribution in [1.82, 2.24) is 9.88 Å². The molecule has 1 aromatic heterocycles. The highest BCUT2D eigenvalue weighted by Gasteiger charge is 2.28. The third kappa shape index (κ3) is 3.81. The van der Waals surface area contributed by atoms with Crippen LogP contribution >= 0.6 is 46.4 Å². The van der Waals surface area contributed by atoms with Gasteiger partial charge < -0.3 is 14.4 Å². The highest BCUT2D eigenvalue weighted by molar-refractivity contribution is 6.52. The van der Waals surface area contributed by atoms with Gasteiger partial charge in [0.05, 0.1) is 21.6 Å². The summed E-state index contributed by atoms with van der Waals surface area (Å²) in [5.74, 6) is 0.903. The lowest BCUT2D eigenvalue weighted by molar-refractivity contribution is 0.0471. The molecule has 0 N–H and O–H groups in total. The number of ether oxygens (including phenoxy) is 2. The zero-order valence-corrected chi connectivity index (χ0v) is 16.7. The summed E-state index contributed by atoms with van der Waals surface area (Å²) in [7, 11) is 0. The van der Waals surface area contributed by atoms with Crippen molar-refractivity contribution in [1.29, 1.82) is 0 Å². The van der Waals surface area contributed by atoms with Crippen LogP contribution in [0, 0.1) is 0 Å². The van der Waals surface area contributed by atoms with E-state index in [-0.39, 0.29) is 32.0 Å². The molecule has 0 aliphatic carbocycles. The third-order valence-corrected chi connectivity index (χ3v) is 5.53. The van der Waals surface area contributed by atoms with E-state index in [0.29, 0.717) is 31.2 Å². The highest BCUT2D eigenvalue weighted by Crippen LogP contribution is 2.36. The Morgan fingerprint density at radius 1 is 1.15 bits per heavy atom. The van der Waals surface area contributed by atoms with Crippen molar-refractivity contribution in [2.45, 2.75) is 13.0 Å². The van der Waals surface area contributed by atoms with Crippen LogP contribution in [0.15, 0.2) is 24.3 Å². The molecule has 0 radical (unpaired) electrons. The Kier molecular flexibility index (Phi) is 6.03. The quantitative estimate of drug-likeness (QED) is 0.634. The number of benzene rings is 1. The fraction of sp³-hybridized carbons (Fsp3) is 0.294. The summed E-state index contributed by atoms with van der Waals surface area (Å²) in [6, 6.07) is 7.37. The van der Waals surface area contributed by atoms with E-state index < -0.39 is 5.91 Å². The smallest absolute Gasteiger partial charge is 0.274 e. The first-order valence-electron chi connectivity index (χ1n) is 7.80. The molecule has 138 valence electrons. The van der Waals surface area contributed by atoms with Crippen LogP contribution in [-0.2, 0) is 0 Å². The van der Waals surface area contributed by atoms with Crippen LogP contribution in [0.3, 0.4) is 0 Å². The average molecular weight is 436 g/mol. The SMILES string of the molecule is CCN(CC1COc2ccccc2O1)C(=O)c1nc(Cl)c(Cl)c(Cl)c1Cl. The Balaban J connectivity index is 1.79. The largest absolute Gasteiger partial charge is 0.486 e. The first-order chi connectivity index (χ1) is 12.4. The molecule has 26 heavy (non-hydrogen) atoms. The van der Waals surface area contributed by atoms with Gasteiger partial charge in [-0.25, -0.2) is 4.98 Å². The van der Waals surface area contributed by atoms with E-state index in [9.17, 15) is 4.79 Å². The number of carbonyl (C=O) groups excluding carboxylic acids is 1. The molecule has 1 unspecified atom stereocenters. The fourth-order valence-corrected chi connectivity index (χ4v) is 3.34. The summed E-state index contributed by atoms with van der Waals surface area (Å²) >= 11 is 24.0. The molecule has 3 rings (SSSR count). The predicted octanol–water partition coefficient (Wildman–Crippen LogP) is 5.00. The van der Waals surface area contributed by atoms with Crippen molar-refractivity contribution < 1.29 is 14.3 Å². The molecule has 9 heteroatoms. The molecule has 1 aromatic carbocycles. The van der Waals surface area contributed by atoms with Crippen LogP contribution in [0.4, 0.5) is 0 Å². The minimum absolute atomic E-state index is 0.00101. The van der Waals surface area contributed by atoms with E-state index >= 15 is 0 Å². The molecule has 5 nitrogen and oxygen atoms in total. The molecule has 1 aliphatic heterocycles. The number of rotatable bonds is 4. The Bertz CT molecular complexity index is 847. The van der Waals surface area contributed by atoms with Crippen LogP contribution < -0.4 is 9.47 Å². The minimum atomic E-state index is -0.416. The third-order valence-electron chi connectivity index (χ3n) is 3.85. The number of fused-ring (bicyclic) bond motifs is 1. The van der Waals surface area contributed by atoms with Gasteiger partial charge in [-0.05, 0) is 19.1 Å². The van der Waals surface area contributed by atoms with Crippen molar-refractivity contribution >= 4 is 52.3 Å². The van der Waals surface area contributed by atoms with Gasteiger partial charge in [-0.1, -0.05) is 58.5 Å². The summed E-state index contributed by atoms with van der Waals surface area (Å²) in [4.78, 5) is 18.4. The van der Waals surface area contributed by atoms with Crippen LogP contribution in [0.25, 0.3) is 0 Å². The molecule has 1 aliphatic rings. The molecule has 2 aromatic rings. The Morgan fingerprint density at radius 2 is 1.85 bits per heavy atom. The molecule has 0 bridgehead atoms. The van der Waals surface area contributed by atoms with E-state index in [4.69, 9.17) is 55.9 Å². The standard InChI is InChI=1S/C17H14Cl4N2O3/c1-2-23(7-9-8-25-10-5-3-4-6-11(10)26-9)17(24)15-13(19)12(18)14(20)16(21)22-15/h3-6,9H,2,7-8H2,1H3. The van der Waals surface area contributed by atoms with Gasteiger partial charge in [-0.2, -0.15) is 0 Å². The van der Waals surface area contributed by atoms with Crippen molar-refractivity contribution in [3.63, 3.8) is 0 Å². The zero-order valence-electron chi connectivity index (χ0n) is 13.6.